The number of rotatable bonds is 4. The van der Waals surface area contributed by atoms with Crippen molar-refractivity contribution in [3.05, 3.63) is 40.8 Å². The number of aliphatic hydroxyl groups is 1. The minimum Gasteiger partial charge on any atom is -0.506 e. The maximum Gasteiger partial charge on any atom is 0.353 e. The molecule has 1 heterocycles. The van der Waals surface area contributed by atoms with Crippen LogP contribution in [0.4, 0.5) is 11.4 Å². The minimum absolute atomic E-state index is 0.0222. The molecule has 0 radical (unpaired) electrons. The van der Waals surface area contributed by atoms with Gasteiger partial charge in [-0.2, -0.15) is 0 Å². The molecule has 0 bridgehead atoms. The second-order valence-corrected chi connectivity index (χ2v) is 5.49. The Hall–Kier alpha value is -3.62. The SMILES string of the molecule is CC(=O)Nc1ccc(O)c(NC(C)=C2C(=O)OC(=O)C(C(C)=O)=C2O)c1. The van der Waals surface area contributed by atoms with Crippen LogP contribution in [0.2, 0.25) is 0 Å². The number of carbonyl (C=O) groups excluding carboxylic acids is 4. The topological polar surface area (TPSA) is 142 Å². The molecule has 1 aliphatic heterocycles. The van der Waals surface area contributed by atoms with E-state index in [9.17, 15) is 29.4 Å². The highest BCUT2D eigenvalue weighted by molar-refractivity contribution is 6.23. The Bertz CT molecular complexity index is 896. The molecule has 136 valence electrons. The molecule has 0 aliphatic carbocycles. The van der Waals surface area contributed by atoms with E-state index >= 15 is 0 Å². The first kappa shape index (κ1) is 18.7. The fourth-order valence-corrected chi connectivity index (χ4v) is 2.33. The average molecular weight is 360 g/mol. The van der Waals surface area contributed by atoms with Crippen LogP contribution in [0.15, 0.2) is 40.8 Å². The molecule has 1 aromatic carbocycles. The van der Waals surface area contributed by atoms with Crippen molar-refractivity contribution in [3.63, 3.8) is 0 Å². The third-order valence-corrected chi connectivity index (χ3v) is 3.43. The number of hydrogen-bond donors (Lipinski definition) is 4. The van der Waals surface area contributed by atoms with Gasteiger partial charge in [0.2, 0.25) is 5.91 Å². The van der Waals surface area contributed by atoms with Crippen molar-refractivity contribution in [2.75, 3.05) is 10.6 Å². The van der Waals surface area contributed by atoms with Gasteiger partial charge in [0.1, 0.15) is 22.7 Å². The minimum atomic E-state index is -1.23. The molecule has 0 spiro atoms. The number of amides is 1. The van der Waals surface area contributed by atoms with Gasteiger partial charge < -0.3 is 25.6 Å². The number of benzene rings is 1. The van der Waals surface area contributed by atoms with Crippen LogP contribution in [0.5, 0.6) is 5.75 Å². The summed E-state index contributed by atoms with van der Waals surface area (Å²) in [4.78, 5) is 46.2. The second-order valence-electron chi connectivity index (χ2n) is 5.49. The maximum atomic E-state index is 11.9. The summed E-state index contributed by atoms with van der Waals surface area (Å²) in [6, 6.07) is 4.17. The normalized spacial score (nSPS) is 16.1. The second kappa shape index (κ2) is 7.09. The molecule has 0 unspecified atom stereocenters. The number of allylic oxidation sites excluding steroid dienone is 1. The number of esters is 2. The maximum absolute atomic E-state index is 11.9. The summed E-state index contributed by atoms with van der Waals surface area (Å²) in [6.45, 7) is 3.74. The number of cyclic esters (lactones) is 2. The summed E-state index contributed by atoms with van der Waals surface area (Å²) in [5.74, 6) is -4.46. The summed E-state index contributed by atoms with van der Waals surface area (Å²) < 4.78 is 4.47. The van der Waals surface area contributed by atoms with Crippen molar-refractivity contribution in [1.29, 1.82) is 0 Å². The zero-order chi connectivity index (χ0) is 19.6. The standard InChI is InChI=1S/C17H16N2O7/c1-7(13-15(23)14(8(2)20)17(25)26-16(13)24)18-11-6-10(19-9(3)21)4-5-12(11)22/h4-6,18,22-23H,1-3H3,(H,19,21). The molecule has 9 heteroatoms. The molecule has 0 atom stereocenters. The highest BCUT2D eigenvalue weighted by atomic mass is 16.6. The summed E-state index contributed by atoms with van der Waals surface area (Å²) in [7, 11) is 0. The predicted octanol–water partition coefficient (Wildman–Crippen LogP) is 1.52. The lowest BCUT2D eigenvalue weighted by atomic mass is 10.0. The van der Waals surface area contributed by atoms with Crippen molar-refractivity contribution in [2.45, 2.75) is 20.8 Å². The molecular weight excluding hydrogens is 344 g/mol. The summed E-state index contributed by atoms with van der Waals surface area (Å²) >= 11 is 0. The Morgan fingerprint density at radius 1 is 1.00 bits per heavy atom. The molecule has 9 nitrogen and oxygen atoms in total. The van der Waals surface area contributed by atoms with Crippen molar-refractivity contribution < 1.29 is 34.1 Å². The smallest absolute Gasteiger partial charge is 0.353 e. The lowest BCUT2D eigenvalue weighted by Gasteiger charge is -2.19. The molecule has 0 saturated heterocycles. The van der Waals surface area contributed by atoms with Crippen LogP contribution in [-0.2, 0) is 23.9 Å². The van der Waals surface area contributed by atoms with E-state index in [1.807, 2.05) is 0 Å². The van der Waals surface area contributed by atoms with Gasteiger partial charge in [0.05, 0.1) is 5.69 Å². The van der Waals surface area contributed by atoms with Gasteiger partial charge in [0.25, 0.3) is 0 Å². The first-order valence-electron chi connectivity index (χ1n) is 7.41. The van der Waals surface area contributed by atoms with Crippen LogP contribution in [0, 0.1) is 0 Å². The number of ether oxygens (including phenoxy) is 1. The molecule has 1 aromatic rings. The molecule has 0 aromatic heterocycles. The number of phenols is 1. The van der Waals surface area contributed by atoms with E-state index in [0.717, 1.165) is 6.92 Å². The number of Topliss-reactive ketones (excluding diaryl/α,β-unsaturated/α-hetero) is 1. The van der Waals surface area contributed by atoms with Gasteiger partial charge in [-0.3, -0.25) is 9.59 Å². The average Bonchev–Trinajstić information content (AvgIpc) is 2.49. The van der Waals surface area contributed by atoms with Crippen LogP contribution in [0.3, 0.4) is 0 Å². The number of aliphatic hydroxyl groups excluding tert-OH is 1. The Labute approximate surface area is 148 Å². The van der Waals surface area contributed by atoms with Gasteiger partial charge in [0, 0.05) is 18.3 Å². The van der Waals surface area contributed by atoms with E-state index in [1.165, 1.54) is 32.0 Å². The van der Waals surface area contributed by atoms with Gasteiger partial charge in [-0.25, -0.2) is 9.59 Å². The number of phenolic OH excluding ortho intramolecular Hbond substituents is 1. The lowest BCUT2D eigenvalue weighted by Crippen LogP contribution is -2.29. The lowest BCUT2D eigenvalue weighted by molar-refractivity contribution is -0.155. The fourth-order valence-electron chi connectivity index (χ4n) is 2.33. The molecule has 0 fully saturated rings. The Kier molecular flexibility index (Phi) is 5.11. The van der Waals surface area contributed by atoms with Crippen LogP contribution in [-0.4, -0.2) is 33.8 Å². The highest BCUT2D eigenvalue weighted by Gasteiger charge is 2.36. The van der Waals surface area contributed by atoms with Crippen LogP contribution < -0.4 is 10.6 Å². The van der Waals surface area contributed by atoms with E-state index in [2.05, 4.69) is 15.4 Å². The van der Waals surface area contributed by atoms with Crippen LogP contribution >= 0.6 is 0 Å². The third-order valence-electron chi connectivity index (χ3n) is 3.43. The summed E-state index contributed by atoms with van der Waals surface area (Å²) in [6.07, 6.45) is 0. The predicted molar refractivity (Wildman–Crippen MR) is 90.2 cm³/mol. The largest absolute Gasteiger partial charge is 0.506 e. The van der Waals surface area contributed by atoms with Gasteiger partial charge >= 0.3 is 11.9 Å². The zero-order valence-electron chi connectivity index (χ0n) is 14.2. The highest BCUT2D eigenvalue weighted by Crippen LogP contribution is 2.31. The van der Waals surface area contributed by atoms with Gasteiger partial charge in [0.15, 0.2) is 5.78 Å². The van der Waals surface area contributed by atoms with Gasteiger partial charge in [-0.1, -0.05) is 0 Å². The number of anilines is 2. The van der Waals surface area contributed by atoms with Crippen molar-refractivity contribution >= 4 is 35.0 Å². The number of ketones is 1. The zero-order valence-corrected chi connectivity index (χ0v) is 14.2. The van der Waals surface area contributed by atoms with Crippen LogP contribution in [0.1, 0.15) is 20.8 Å². The number of carbonyl (C=O) groups is 4. The summed E-state index contributed by atoms with van der Waals surface area (Å²) in [5, 5.41) is 25.3. The van der Waals surface area contributed by atoms with E-state index < -0.39 is 34.6 Å². The molecule has 26 heavy (non-hydrogen) atoms. The van der Waals surface area contributed by atoms with E-state index in [-0.39, 0.29) is 23.0 Å². The third kappa shape index (κ3) is 3.72. The fraction of sp³-hybridized carbons (Fsp3) is 0.176. The molecule has 1 amide bonds. The molecular formula is C17H16N2O7. The van der Waals surface area contributed by atoms with E-state index in [4.69, 9.17) is 0 Å². The molecule has 4 N–H and O–H groups in total. The van der Waals surface area contributed by atoms with Gasteiger partial charge in [-0.15, -0.1) is 0 Å². The Morgan fingerprint density at radius 3 is 2.23 bits per heavy atom. The van der Waals surface area contributed by atoms with Crippen LogP contribution in [0.25, 0.3) is 0 Å². The number of aromatic hydroxyl groups is 1. The Morgan fingerprint density at radius 2 is 1.65 bits per heavy atom. The molecule has 1 aliphatic rings. The molecule has 2 rings (SSSR count). The van der Waals surface area contributed by atoms with Crippen molar-refractivity contribution in [2.24, 2.45) is 0 Å². The van der Waals surface area contributed by atoms with Gasteiger partial charge in [-0.05, 0) is 32.0 Å². The Balaban J connectivity index is 2.48. The first-order chi connectivity index (χ1) is 12.1. The monoisotopic (exact) mass is 360 g/mol. The van der Waals surface area contributed by atoms with Crippen molar-refractivity contribution in [1.82, 2.24) is 0 Å². The first-order valence-corrected chi connectivity index (χ1v) is 7.41. The molecule has 0 saturated carbocycles. The number of hydrogen-bond acceptors (Lipinski definition) is 8. The van der Waals surface area contributed by atoms with Crippen molar-refractivity contribution in [3.8, 4) is 5.75 Å². The van der Waals surface area contributed by atoms with E-state index in [0.29, 0.717) is 5.69 Å². The van der Waals surface area contributed by atoms with E-state index in [1.54, 1.807) is 0 Å². The summed E-state index contributed by atoms with van der Waals surface area (Å²) in [5.41, 5.74) is -0.547. The quantitative estimate of drug-likeness (QED) is 0.158. The number of nitrogens with one attached hydrogen (secondary N) is 2.